The van der Waals surface area contributed by atoms with Gasteiger partial charge in [0.05, 0.1) is 6.04 Å². The summed E-state index contributed by atoms with van der Waals surface area (Å²) in [5, 5.41) is 0. The summed E-state index contributed by atoms with van der Waals surface area (Å²) in [4.78, 5) is 14.5. The molecule has 1 unspecified atom stereocenters. The summed E-state index contributed by atoms with van der Waals surface area (Å²) in [5.41, 5.74) is 9.97. The highest BCUT2D eigenvalue weighted by molar-refractivity contribution is 5.85. The van der Waals surface area contributed by atoms with Crippen LogP contribution in [0.3, 0.4) is 0 Å². The zero-order valence-corrected chi connectivity index (χ0v) is 14.0. The number of hydrogen-bond donors (Lipinski definition) is 1. The molecule has 0 spiro atoms. The minimum absolute atomic E-state index is 0. The molecule has 0 aromatic heterocycles. The molecule has 0 fully saturated rings. The lowest BCUT2D eigenvalue weighted by Gasteiger charge is -2.24. The van der Waals surface area contributed by atoms with Gasteiger partial charge in [0.15, 0.2) is 0 Å². The highest BCUT2D eigenvalue weighted by Gasteiger charge is 2.23. The van der Waals surface area contributed by atoms with Crippen LogP contribution in [0, 0.1) is 0 Å². The topological polar surface area (TPSA) is 46.3 Å². The summed E-state index contributed by atoms with van der Waals surface area (Å²) in [6, 6.07) is 18.0. The molecule has 122 valence electrons. The zero-order valence-electron chi connectivity index (χ0n) is 13.2. The summed E-state index contributed by atoms with van der Waals surface area (Å²) in [6.45, 7) is 1.52. The fourth-order valence-corrected chi connectivity index (χ4v) is 3.08. The Labute approximate surface area is 143 Å². The molecule has 0 bridgehead atoms. The predicted molar refractivity (Wildman–Crippen MR) is 95.8 cm³/mol. The SMILES string of the molecule is Cl.NC(Cc1ccccc1)C(=O)N1CCc2ccccc2CC1. The molecular weight excluding hydrogens is 308 g/mol. The Balaban J connectivity index is 0.00000192. The van der Waals surface area contributed by atoms with Gasteiger partial charge in [-0.05, 0) is 36.0 Å². The fourth-order valence-electron chi connectivity index (χ4n) is 3.08. The van der Waals surface area contributed by atoms with Gasteiger partial charge in [-0.1, -0.05) is 54.6 Å². The molecule has 0 saturated heterocycles. The van der Waals surface area contributed by atoms with Gasteiger partial charge in [-0.3, -0.25) is 4.79 Å². The molecule has 1 amide bonds. The number of amides is 1. The minimum Gasteiger partial charge on any atom is -0.341 e. The quantitative estimate of drug-likeness (QED) is 0.940. The average Bonchev–Trinajstić information content (AvgIpc) is 2.78. The molecule has 0 saturated carbocycles. The zero-order chi connectivity index (χ0) is 15.4. The largest absolute Gasteiger partial charge is 0.341 e. The van der Waals surface area contributed by atoms with E-state index in [1.54, 1.807) is 0 Å². The number of rotatable bonds is 3. The van der Waals surface area contributed by atoms with E-state index in [2.05, 4.69) is 24.3 Å². The molecule has 2 aromatic rings. The van der Waals surface area contributed by atoms with Crippen LogP contribution in [0.5, 0.6) is 0 Å². The lowest BCUT2D eigenvalue weighted by Crippen LogP contribution is -2.45. The molecule has 1 aliphatic rings. The molecule has 1 heterocycles. The summed E-state index contributed by atoms with van der Waals surface area (Å²) in [5.74, 6) is 0.0664. The summed E-state index contributed by atoms with van der Waals surface area (Å²) in [7, 11) is 0. The van der Waals surface area contributed by atoms with Crippen LogP contribution in [0.4, 0.5) is 0 Å². The maximum absolute atomic E-state index is 12.6. The second-order valence-electron chi connectivity index (χ2n) is 5.89. The van der Waals surface area contributed by atoms with Crippen molar-refractivity contribution in [3.8, 4) is 0 Å². The molecule has 2 N–H and O–H groups in total. The van der Waals surface area contributed by atoms with Gasteiger partial charge in [-0.2, -0.15) is 0 Å². The van der Waals surface area contributed by atoms with E-state index in [0.29, 0.717) is 6.42 Å². The van der Waals surface area contributed by atoms with Gasteiger partial charge < -0.3 is 10.6 Å². The molecule has 3 nitrogen and oxygen atoms in total. The Morgan fingerprint density at radius 2 is 1.48 bits per heavy atom. The van der Waals surface area contributed by atoms with E-state index in [1.807, 2.05) is 35.2 Å². The third-order valence-electron chi connectivity index (χ3n) is 4.35. The fraction of sp³-hybridized carbons (Fsp3) is 0.316. The molecule has 23 heavy (non-hydrogen) atoms. The maximum atomic E-state index is 12.6. The highest BCUT2D eigenvalue weighted by Crippen LogP contribution is 2.16. The van der Waals surface area contributed by atoms with Crippen molar-refractivity contribution in [1.82, 2.24) is 4.90 Å². The molecular formula is C19H23ClN2O. The number of carbonyl (C=O) groups excluding carboxylic acids is 1. The van der Waals surface area contributed by atoms with Crippen LogP contribution >= 0.6 is 12.4 Å². The van der Waals surface area contributed by atoms with Crippen LogP contribution in [0.25, 0.3) is 0 Å². The van der Waals surface area contributed by atoms with Crippen LogP contribution in [0.2, 0.25) is 0 Å². The molecule has 1 aliphatic heterocycles. The van der Waals surface area contributed by atoms with Gasteiger partial charge in [-0.15, -0.1) is 12.4 Å². The van der Waals surface area contributed by atoms with Crippen molar-refractivity contribution in [2.45, 2.75) is 25.3 Å². The van der Waals surface area contributed by atoms with Crippen LogP contribution in [-0.2, 0) is 24.1 Å². The number of hydrogen-bond acceptors (Lipinski definition) is 2. The van der Waals surface area contributed by atoms with E-state index >= 15 is 0 Å². The van der Waals surface area contributed by atoms with Crippen molar-refractivity contribution in [3.05, 3.63) is 71.3 Å². The van der Waals surface area contributed by atoms with Gasteiger partial charge in [-0.25, -0.2) is 0 Å². The normalized spacial score (nSPS) is 15.1. The molecule has 2 aromatic carbocycles. The van der Waals surface area contributed by atoms with Crippen LogP contribution in [0.1, 0.15) is 16.7 Å². The first-order valence-corrected chi connectivity index (χ1v) is 7.89. The number of nitrogens with zero attached hydrogens (tertiary/aromatic N) is 1. The van der Waals surface area contributed by atoms with Gasteiger partial charge in [0.25, 0.3) is 0 Å². The Morgan fingerprint density at radius 3 is 2.04 bits per heavy atom. The lowest BCUT2D eigenvalue weighted by molar-refractivity contribution is -0.132. The Hall–Kier alpha value is -1.84. The van der Waals surface area contributed by atoms with Crippen LogP contribution in [-0.4, -0.2) is 29.9 Å². The Kier molecular flexibility index (Phi) is 6.20. The number of fused-ring (bicyclic) bond motifs is 1. The van der Waals surface area contributed by atoms with Gasteiger partial charge >= 0.3 is 0 Å². The van der Waals surface area contributed by atoms with Crippen molar-refractivity contribution in [1.29, 1.82) is 0 Å². The van der Waals surface area contributed by atoms with E-state index in [-0.39, 0.29) is 18.3 Å². The Morgan fingerprint density at radius 1 is 0.957 bits per heavy atom. The van der Waals surface area contributed by atoms with Crippen molar-refractivity contribution in [2.75, 3.05) is 13.1 Å². The molecule has 0 radical (unpaired) electrons. The number of halogens is 1. The predicted octanol–water partition coefficient (Wildman–Crippen LogP) is 2.61. The minimum atomic E-state index is -0.455. The maximum Gasteiger partial charge on any atom is 0.239 e. The summed E-state index contributed by atoms with van der Waals surface area (Å²) < 4.78 is 0. The first-order chi connectivity index (χ1) is 10.7. The van der Waals surface area contributed by atoms with Gasteiger partial charge in [0.1, 0.15) is 0 Å². The molecule has 3 rings (SSSR count). The number of nitrogens with two attached hydrogens (primary N) is 1. The van der Waals surface area contributed by atoms with Crippen molar-refractivity contribution < 1.29 is 4.79 Å². The summed E-state index contributed by atoms with van der Waals surface area (Å²) in [6.07, 6.45) is 2.43. The van der Waals surface area contributed by atoms with Gasteiger partial charge in [0, 0.05) is 13.1 Å². The van der Waals surface area contributed by atoms with E-state index in [9.17, 15) is 4.79 Å². The second-order valence-corrected chi connectivity index (χ2v) is 5.89. The van der Waals surface area contributed by atoms with Crippen molar-refractivity contribution >= 4 is 18.3 Å². The smallest absolute Gasteiger partial charge is 0.239 e. The van der Waals surface area contributed by atoms with E-state index in [4.69, 9.17) is 5.73 Å². The Bertz CT molecular complexity index is 618. The molecule has 1 atom stereocenters. The molecule has 4 heteroatoms. The third kappa shape index (κ3) is 4.34. The van der Waals surface area contributed by atoms with Crippen LogP contribution in [0.15, 0.2) is 54.6 Å². The number of benzene rings is 2. The average molecular weight is 331 g/mol. The highest BCUT2D eigenvalue weighted by atomic mass is 35.5. The standard InChI is InChI=1S/C19H22N2O.ClH/c20-18(14-15-6-2-1-3-7-15)19(22)21-12-10-16-8-4-5-9-17(16)11-13-21;/h1-9,18H,10-14,20H2;1H. The van der Waals surface area contributed by atoms with E-state index < -0.39 is 6.04 Å². The lowest BCUT2D eigenvalue weighted by atomic mass is 10.0. The van der Waals surface area contributed by atoms with Gasteiger partial charge in [0.2, 0.25) is 5.91 Å². The first kappa shape index (κ1) is 17.5. The van der Waals surface area contributed by atoms with E-state index in [1.165, 1.54) is 11.1 Å². The molecule has 0 aliphatic carbocycles. The van der Waals surface area contributed by atoms with E-state index in [0.717, 1.165) is 31.5 Å². The van der Waals surface area contributed by atoms with Crippen molar-refractivity contribution in [3.63, 3.8) is 0 Å². The monoisotopic (exact) mass is 330 g/mol. The second kappa shape index (κ2) is 8.14. The van der Waals surface area contributed by atoms with Crippen LogP contribution < -0.4 is 5.73 Å². The number of carbonyl (C=O) groups is 1. The van der Waals surface area contributed by atoms with Crippen molar-refractivity contribution in [2.24, 2.45) is 5.73 Å². The first-order valence-electron chi connectivity index (χ1n) is 7.89. The third-order valence-corrected chi connectivity index (χ3v) is 4.35. The summed E-state index contributed by atoms with van der Waals surface area (Å²) >= 11 is 0.